The van der Waals surface area contributed by atoms with E-state index >= 15 is 0 Å². The number of phosphoric acid groups is 3. The first-order valence-electron chi connectivity index (χ1n) is 7.21. The Labute approximate surface area is 165 Å². The number of aliphatic hydroxyl groups excluding tert-OH is 1. The van der Waals surface area contributed by atoms with Crippen LogP contribution in [0.3, 0.4) is 0 Å². The molecule has 1 aromatic rings. The van der Waals surface area contributed by atoms with E-state index in [9.17, 15) is 33.3 Å². The maximum atomic E-state index is 11.8. The number of nitrogens with one attached hydrogen (secondary N) is 1. The molecule has 0 spiro atoms. The molecule has 2 rings (SSSR count). The van der Waals surface area contributed by atoms with Crippen molar-refractivity contribution in [2.45, 2.75) is 24.9 Å². The Morgan fingerprint density at radius 1 is 1.17 bits per heavy atom. The van der Waals surface area contributed by atoms with Crippen LogP contribution >= 0.6 is 35.1 Å². The number of hydrogen-bond acceptors (Lipinski definition) is 10. The summed E-state index contributed by atoms with van der Waals surface area (Å²) in [7, 11) is -16.6. The molecule has 166 valence electrons. The molecule has 0 radical (unpaired) electrons. The molecule has 20 heteroatoms. The smallest absolute Gasteiger partial charge is 0.388 e. The van der Waals surface area contributed by atoms with E-state index < -0.39 is 59.8 Å². The van der Waals surface area contributed by atoms with Gasteiger partial charge in [0.15, 0.2) is 6.23 Å². The molecule has 1 fully saturated rings. The van der Waals surface area contributed by atoms with Crippen molar-refractivity contribution >= 4 is 35.1 Å². The number of phosphoric ester groups is 1. The Balaban J connectivity index is 2.02. The molecule has 0 aromatic carbocycles. The fourth-order valence-corrected chi connectivity index (χ4v) is 5.42. The van der Waals surface area contributed by atoms with E-state index in [-0.39, 0.29) is 11.4 Å². The molecule has 16 nitrogen and oxygen atoms in total. The van der Waals surface area contributed by atoms with Crippen molar-refractivity contribution in [2.24, 2.45) is 0 Å². The number of rotatable bonds is 8. The van der Waals surface area contributed by atoms with Gasteiger partial charge in [0.25, 0.3) is 5.56 Å². The number of halogens is 1. The van der Waals surface area contributed by atoms with E-state index in [1.165, 1.54) is 0 Å². The van der Waals surface area contributed by atoms with E-state index in [0.29, 0.717) is 0 Å². The number of H-pyrrole nitrogens is 1. The summed E-state index contributed by atoms with van der Waals surface area (Å²) < 4.78 is 50.9. The van der Waals surface area contributed by atoms with E-state index in [4.69, 9.17) is 31.0 Å². The van der Waals surface area contributed by atoms with Gasteiger partial charge in [-0.1, -0.05) is 11.6 Å². The Morgan fingerprint density at radius 3 is 2.38 bits per heavy atom. The maximum Gasteiger partial charge on any atom is 0.490 e. The molecule has 1 aromatic heterocycles. The molecule has 0 bridgehead atoms. The van der Waals surface area contributed by atoms with Gasteiger partial charge < -0.3 is 29.4 Å². The van der Waals surface area contributed by atoms with Crippen LogP contribution in [0.2, 0.25) is 5.02 Å². The lowest BCUT2D eigenvalue weighted by Crippen LogP contribution is -2.35. The second-order valence-electron chi connectivity index (χ2n) is 5.48. The molecule has 5 atom stereocenters. The average molecular weight is 503 g/mol. The number of aliphatic hydroxyl groups is 1. The van der Waals surface area contributed by atoms with Crippen molar-refractivity contribution < 1.29 is 56.3 Å². The third-order valence-electron chi connectivity index (χ3n) is 3.20. The molecule has 0 aliphatic carbocycles. The van der Waals surface area contributed by atoms with Gasteiger partial charge in [-0.2, -0.15) is 8.62 Å². The summed E-state index contributed by atoms with van der Waals surface area (Å²) in [5.41, 5.74) is -1.83. The lowest BCUT2D eigenvalue weighted by molar-refractivity contribution is -0.0524. The summed E-state index contributed by atoms with van der Waals surface area (Å²) in [6.07, 6.45) is -3.18. The highest BCUT2D eigenvalue weighted by molar-refractivity contribution is 7.66. The number of aromatic nitrogens is 2. The van der Waals surface area contributed by atoms with Gasteiger partial charge in [-0.15, -0.1) is 0 Å². The molecule has 1 saturated heterocycles. The Morgan fingerprint density at radius 2 is 1.79 bits per heavy atom. The van der Waals surface area contributed by atoms with Crippen LogP contribution in [0.1, 0.15) is 12.6 Å². The number of nitrogens with zero attached hydrogens (tertiary/aromatic N) is 1. The lowest BCUT2D eigenvalue weighted by atomic mass is 10.2. The van der Waals surface area contributed by atoms with Crippen LogP contribution in [0, 0.1) is 0 Å². The van der Waals surface area contributed by atoms with Gasteiger partial charge in [0.1, 0.15) is 11.1 Å². The largest absolute Gasteiger partial charge is 0.490 e. The van der Waals surface area contributed by atoms with E-state index in [1.54, 1.807) is 0 Å². The minimum absolute atomic E-state index is 0.246. The average Bonchev–Trinajstić information content (AvgIpc) is 2.86. The molecule has 0 saturated carbocycles. The second kappa shape index (κ2) is 8.81. The highest BCUT2D eigenvalue weighted by Gasteiger charge is 2.42. The fraction of sp³-hybridized carbons (Fsp3) is 0.556. The van der Waals surface area contributed by atoms with Crippen molar-refractivity contribution in [1.82, 2.24) is 9.55 Å². The third kappa shape index (κ3) is 7.19. The number of hydrogen-bond donors (Lipinski definition) is 6. The van der Waals surface area contributed by atoms with Crippen LogP contribution < -0.4 is 11.2 Å². The Hall–Kier alpha value is -0.700. The van der Waals surface area contributed by atoms with Gasteiger partial charge in [0.05, 0.1) is 12.7 Å². The van der Waals surface area contributed by atoms with Crippen LogP contribution in [0.15, 0.2) is 15.8 Å². The Bertz CT molecular complexity index is 1020. The molecule has 29 heavy (non-hydrogen) atoms. The van der Waals surface area contributed by atoms with Gasteiger partial charge in [-0.05, 0) is 0 Å². The molecule has 6 N–H and O–H groups in total. The van der Waals surface area contributed by atoms with Crippen molar-refractivity contribution in [2.75, 3.05) is 6.61 Å². The monoisotopic (exact) mass is 502 g/mol. The summed E-state index contributed by atoms with van der Waals surface area (Å²) >= 11 is 5.61. The van der Waals surface area contributed by atoms with Crippen LogP contribution in [0.25, 0.3) is 0 Å². The molecule has 2 heterocycles. The number of aromatic amines is 1. The van der Waals surface area contributed by atoms with Gasteiger partial charge in [0.2, 0.25) is 0 Å². The van der Waals surface area contributed by atoms with Gasteiger partial charge in [-0.3, -0.25) is 18.9 Å². The first-order chi connectivity index (χ1) is 13.1. The molecule has 0 amide bonds. The fourth-order valence-electron chi connectivity index (χ4n) is 2.22. The van der Waals surface area contributed by atoms with Crippen LogP contribution in [-0.2, 0) is 31.6 Å². The zero-order valence-corrected chi connectivity index (χ0v) is 17.2. The molecule has 1 aliphatic rings. The first kappa shape index (κ1) is 24.6. The highest BCUT2D eigenvalue weighted by atomic mass is 35.5. The number of ether oxygens (including phenoxy) is 1. The normalized spacial score (nSPS) is 26.8. The van der Waals surface area contributed by atoms with Crippen molar-refractivity contribution in [3.05, 3.63) is 32.1 Å². The van der Waals surface area contributed by atoms with Gasteiger partial charge >= 0.3 is 29.2 Å². The zero-order chi connectivity index (χ0) is 22.2. The topological polar surface area (TPSA) is 244 Å². The molecule has 2 unspecified atom stereocenters. The van der Waals surface area contributed by atoms with Crippen molar-refractivity contribution in [3.8, 4) is 0 Å². The molecular weight excluding hydrogens is 488 g/mol. The zero-order valence-electron chi connectivity index (χ0n) is 13.8. The van der Waals surface area contributed by atoms with Gasteiger partial charge in [-0.25, -0.2) is 18.5 Å². The van der Waals surface area contributed by atoms with E-state index in [1.807, 2.05) is 4.98 Å². The lowest BCUT2D eigenvalue weighted by Gasteiger charge is -2.19. The highest BCUT2D eigenvalue weighted by Crippen LogP contribution is 2.66. The SMILES string of the molecule is O=c1[nH]c(=O)n([C@@H]2O[C@H](COP(=O)(O)OP(=O)(O)OP(=O)(O)O)C[C@H]2O)cc1Cl. The second-order valence-corrected chi connectivity index (χ2v) is 10.3. The van der Waals surface area contributed by atoms with Crippen LogP contribution in [0.5, 0.6) is 0 Å². The summed E-state index contributed by atoms with van der Waals surface area (Å²) in [6.45, 7) is -0.816. The summed E-state index contributed by atoms with van der Waals surface area (Å²) in [4.78, 5) is 60.2. The standard InChI is InChI=1S/C9H14ClN2O14P3/c10-5-2-12(9(15)11-7(5)14)8-6(13)1-4(24-8)3-23-28(19,20)26-29(21,22)25-27(16,17)18/h2,4,6,8,13H,1,3H2,(H,19,20)(H,21,22)(H,11,14,15)(H2,16,17,18)/t4-,6+,8+/m0/s1. The predicted molar refractivity (Wildman–Crippen MR) is 90.7 cm³/mol. The summed E-state index contributed by atoms with van der Waals surface area (Å²) in [5, 5.41) is 9.63. The van der Waals surface area contributed by atoms with Gasteiger partial charge in [0, 0.05) is 12.6 Å². The molecule has 1 aliphatic heterocycles. The predicted octanol–water partition coefficient (Wildman–Crippen LogP) is -0.818. The Kier molecular flexibility index (Phi) is 7.46. The minimum atomic E-state index is -5.67. The van der Waals surface area contributed by atoms with Crippen LogP contribution in [0.4, 0.5) is 0 Å². The van der Waals surface area contributed by atoms with Crippen molar-refractivity contribution in [1.29, 1.82) is 0 Å². The van der Waals surface area contributed by atoms with E-state index in [2.05, 4.69) is 13.1 Å². The maximum absolute atomic E-state index is 11.8. The van der Waals surface area contributed by atoms with Crippen LogP contribution in [-0.4, -0.2) is 53.0 Å². The quantitative estimate of drug-likeness (QED) is 0.238. The third-order valence-corrected chi connectivity index (χ3v) is 7.28. The summed E-state index contributed by atoms with van der Waals surface area (Å²) in [5.74, 6) is 0. The minimum Gasteiger partial charge on any atom is -0.388 e. The first-order valence-corrected chi connectivity index (χ1v) is 12.1. The summed E-state index contributed by atoms with van der Waals surface area (Å²) in [6, 6.07) is 0. The van der Waals surface area contributed by atoms with E-state index in [0.717, 1.165) is 10.8 Å². The molecular formula is C9H14ClN2O14P3. The van der Waals surface area contributed by atoms with Crippen molar-refractivity contribution in [3.63, 3.8) is 0 Å².